The molecule has 0 fully saturated rings. The van der Waals surface area contributed by atoms with Crippen LogP contribution in [0.15, 0.2) is 158 Å². The lowest BCUT2D eigenvalue weighted by Gasteiger charge is -2.31. The van der Waals surface area contributed by atoms with Crippen molar-refractivity contribution in [2.24, 2.45) is 0 Å². The van der Waals surface area contributed by atoms with E-state index in [-0.39, 0.29) is 5.41 Å². The zero-order valence-electron chi connectivity index (χ0n) is 27.3. The van der Waals surface area contributed by atoms with Crippen molar-refractivity contribution in [2.75, 3.05) is 9.80 Å². The fourth-order valence-electron chi connectivity index (χ4n) is 6.82. The number of benzene rings is 6. The average Bonchev–Trinajstić information content (AvgIpc) is 3.35. The van der Waals surface area contributed by atoms with Crippen LogP contribution in [-0.4, -0.2) is 0 Å². The molecule has 0 atom stereocenters. The van der Waals surface area contributed by atoms with Crippen LogP contribution in [-0.2, 0) is 5.41 Å². The van der Waals surface area contributed by atoms with Gasteiger partial charge in [0.15, 0.2) is 0 Å². The van der Waals surface area contributed by atoms with E-state index in [1.165, 1.54) is 22.3 Å². The lowest BCUT2D eigenvalue weighted by molar-refractivity contribution is 0.660. The number of nitrogens with zero attached hydrogens (tertiary/aromatic N) is 2. The first-order valence-corrected chi connectivity index (χ1v) is 16.9. The molecule has 0 heterocycles. The second-order valence-electron chi connectivity index (χ2n) is 12.6. The van der Waals surface area contributed by atoms with Gasteiger partial charge in [0, 0.05) is 44.0 Å². The molecule has 0 saturated carbocycles. The van der Waals surface area contributed by atoms with Crippen molar-refractivity contribution in [1.82, 2.24) is 0 Å². The van der Waals surface area contributed by atoms with E-state index < -0.39 is 0 Å². The molecule has 0 spiro atoms. The first-order chi connectivity index (χ1) is 23.3. The van der Waals surface area contributed by atoms with E-state index in [1.807, 2.05) is 18.2 Å². The van der Waals surface area contributed by atoms with Crippen molar-refractivity contribution in [3.8, 4) is 11.1 Å². The van der Waals surface area contributed by atoms with Crippen LogP contribution in [0.4, 0.5) is 34.1 Å². The minimum Gasteiger partial charge on any atom is -0.310 e. The molecule has 0 bridgehead atoms. The summed E-state index contributed by atoms with van der Waals surface area (Å²) in [5.74, 6) is 0. The van der Waals surface area contributed by atoms with Crippen LogP contribution in [0.25, 0.3) is 29.4 Å². The van der Waals surface area contributed by atoms with Gasteiger partial charge in [-0.05, 0) is 106 Å². The first-order valence-electron chi connectivity index (χ1n) is 16.1. The molecule has 0 aliphatic heterocycles. The molecule has 0 unspecified atom stereocenters. The average molecular weight is 686 g/mol. The van der Waals surface area contributed by atoms with E-state index in [4.69, 9.17) is 0 Å². The number of rotatable bonds is 9. The molecular formula is C45H37BrN2. The Morgan fingerprint density at radius 3 is 1.35 bits per heavy atom. The van der Waals surface area contributed by atoms with E-state index in [0.717, 1.165) is 55.3 Å². The van der Waals surface area contributed by atoms with Gasteiger partial charge in [0.05, 0.1) is 0 Å². The molecule has 6 aromatic rings. The lowest BCUT2D eigenvalue weighted by atomic mass is 9.82. The van der Waals surface area contributed by atoms with Gasteiger partial charge in [0.25, 0.3) is 0 Å². The van der Waals surface area contributed by atoms with Crippen molar-refractivity contribution in [2.45, 2.75) is 19.3 Å². The summed E-state index contributed by atoms with van der Waals surface area (Å²) in [4.78, 5) is 4.63. The number of anilines is 6. The van der Waals surface area contributed by atoms with E-state index >= 15 is 0 Å². The van der Waals surface area contributed by atoms with Gasteiger partial charge >= 0.3 is 0 Å². The summed E-state index contributed by atoms with van der Waals surface area (Å²) in [7, 11) is 0. The van der Waals surface area contributed by atoms with E-state index in [0.29, 0.717) is 0 Å². The second kappa shape index (κ2) is 12.7. The van der Waals surface area contributed by atoms with Crippen LogP contribution in [0, 0.1) is 0 Å². The van der Waals surface area contributed by atoms with Crippen LogP contribution < -0.4 is 9.80 Å². The summed E-state index contributed by atoms with van der Waals surface area (Å²) in [5.41, 5.74) is 14.8. The first kappa shape index (κ1) is 31.2. The Morgan fingerprint density at radius 2 is 0.875 bits per heavy atom. The molecule has 6 aromatic carbocycles. The zero-order chi connectivity index (χ0) is 33.4. The summed E-state index contributed by atoms with van der Waals surface area (Å²) < 4.78 is 0.979. The van der Waals surface area contributed by atoms with Gasteiger partial charge in [-0.2, -0.15) is 0 Å². The third kappa shape index (κ3) is 5.61. The van der Waals surface area contributed by atoms with Crippen molar-refractivity contribution < 1.29 is 0 Å². The minimum atomic E-state index is -0.116. The second-order valence-corrected chi connectivity index (χ2v) is 13.5. The quantitative estimate of drug-likeness (QED) is 0.149. The lowest BCUT2D eigenvalue weighted by Crippen LogP contribution is -2.17. The molecule has 0 amide bonds. The van der Waals surface area contributed by atoms with E-state index in [1.54, 1.807) is 0 Å². The SMILES string of the molecule is C=Cc1ccc(N(c2ccc(C=C)cc2)c2cc(Br)cc(N(c3ccc(C=C)cc3)c3ccc4c(c3)C(C)(C)c3ccccc3-4)c2)cc1. The van der Waals surface area contributed by atoms with Gasteiger partial charge < -0.3 is 9.80 Å². The topological polar surface area (TPSA) is 6.48 Å². The number of hydrogen-bond donors (Lipinski definition) is 0. The van der Waals surface area contributed by atoms with E-state index in [9.17, 15) is 0 Å². The molecule has 1 aliphatic carbocycles. The van der Waals surface area contributed by atoms with Gasteiger partial charge in [-0.15, -0.1) is 0 Å². The largest absolute Gasteiger partial charge is 0.310 e. The summed E-state index contributed by atoms with van der Waals surface area (Å²) >= 11 is 3.90. The molecule has 3 heteroatoms. The molecule has 0 radical (unpaired) electrons. The molecule has 48 heavy (non-hydrogen) atoms. The van der Waals surface area contributed by atoms with Crippen LogP contribution in [0.1, 0.15) is 41.7 Å². The molecule has 0 aromatic heterocycles. The van der Waals surface area contributed by atoms with Gasteiger partial charge in [-0.25, -0.2) is 0 Å². The highest BCUT2D eigenvalue weighted by atomic mass is 79.9. The highest BCUT2D eigenvalue weighted by Gasteiger charge is 2.35. The Bertz CT molecular complexity index is 2100. The molecule has 2 nitrogen and oxygen atoms in total. The number of hydrogen-bond acceptors (Lipinski definition) is 2. The van der Waals surface area contributed by atoms with Gasteiger partial charge in [-0.1, -0.05) is 134 Å². The molecule has 0 saturated heterocycles. The Balaban J connectivity index is 1.41. The summed E-state index contributed by atoms with van der Waals surface area (Å²) in [5, 5.41) is 0. The smallest absolute Gasteiger partial charge is 0.0493 e. The fraction of sp³-hybridized carbons (Fsp3) is 0.0667. The van der Waals surface area contributed by atoms with Crippen LogP contribution in [0.2, 0.25) is 0 Å². The standard InChI is InChI=1S/C45H37BrN2/c1-6-31-13-19-35(20-14-31)47(36-21-15-32(7-2)16-22-36)39-27-34(46)28-40(29-39)48(37-23-17-33(8-3)18-24-37)38-25-26-42-41-11-9-10-12-43(41)45(4,5)44(42)30-38/h6-30H,1-3H2,4-5H3. The zero-order valence-corrected chi connectivity index (χ0v) is 28.9. The highest BCUT2D eigenvalue weighted by molar-refractivity contribution is 9.10. The Kier molecular flexibility index (Phi) is 8.24. The van der Waals surface area contributed by atoms with Crippen LogP contribution >= 0.6 is 15.9 Å². The summed E-state index contributed by atoms with van der Waals surface area (Å²) in [6, 6.07) is 47.9. The molecular weight excluding hydrogens is 648 g/mol. The Hall–Kier alpha value is -5.38. The monoisotopic (exact) mass is 684 g/mol. The van der Waals surface area contributed by atoms with Gasteiger partial charge in [0.2, 0.25) is 0 Å². The minimum absolute atomic E-state index is 0.116. The molecule has 0 N–H and O–H groups in total. The number of halogens is 1. The van der Waals surface area contributed by atoms with Gasteiger partial charge in [0.1, 0.15) is 0 Å². The predicted octanol–water partition coefficient (Wildman–Crippen LogP) is 13.6. The molecule has 1 aliphatic rings. The normalized spacial score (nSPS) is 12.5. The maximum atomic E-state index is 3.98. The van der Waals surface area contributed by atoms with Crippen molar-refractivity contribution >= 4 is 68.3 Å². The predicted molar refractivity (Wildman–Crippen MR) is 211 cm³/mol. The third-order valence-corrected chi connectivity index (χ3v) is 9.83. The molecule has 234 valence electrons. The van der Waals surface area contributed by atoms with Crippen LogP contribution in [0.5, 0.6) is 0 Å². The number of fused-ring (bicyclic) bond motifs is 3. The van der Waals surface area contributed by atoms with Crippen molar-refractivity contribution in [3.63, 3.8) is 0 Å². The maximum Gasteiger partial charge on any atom is 0.0493 e. The fourth-order valence-corrected chi connectivity index (χ4v) is 7.29. The summed E-state index contributed by atoms with van der Waals surface area (Å²) in [6.45, 7) is 16.5. The Labute approximate surface area is 292 Å². The van der Waals surface area contributed by atoms with Crippen LogP contribution in [0.3, 0.4) is 0 Å². The van der Waals surface area contributed by atoms with Crippen molar-refractivity contribution in [1.29, 1.82) is 0 Å². The van der Waals surface area contributed by atoms with E-state index in [2.05, 4.69) is 193 Å². The summed E-state index contributed by atoms with van der Waals surface area (Å²) in [6.07, 6.45) is 5.62. The van der Waals surface area contributed by atoms with Gasteiger partial charge in [-0.3, -0.25) is 0 Å². The highest BCUT2D eigenvalue weighted by Crippen LogP contribution is 2.51. The molecule has 7 rings (SSSR count). The van der Waals surface area contributed by atoms with Crippen molar-refractivity contribution in [3.05, 3.63) is 185 Å². The Morgan fingerprint density at radius 1 is 0.458 bits per heavy atom. The third-order valence-electron chi connectivity index (χ3n) is 9.37. The maximum absolute atomic E-state index is 3.98.